The van der Waals surface area contributed by atoms with Gasteiger partial charge >= 0.3 is 0 Å². The Morgan fingerprint density at radius 2 is 0.729 bits per heavy atom. The van der Waals surface area contributed by atoms with Crippen LogP contribution < -0.4 is 34.8 Å². The Labute approximate surface area is 504 Å². The summed E-state index contributed by atoms with van der Waals surface area (Å²) in [7, 11) is 0. The summed E-state index contributed by atoms with van der Waals surface area (Å²) >= 11 is 14.3. The van der Waals surface area contributed by atoms with Crippen LogP contribution in [0, 0.1) is 0 Å². The van der Waals surface area contributed by atoms with Crippen LogP contribution >= 0.6 is 39.1 Å². The average molecular weight is 1220 g/mol. The van der Waals surface area contributed by atoms with E-state index in [0.717, 1.165) is 84.3 Å². The van der Waals surface area contributed by atoms with Gasteiger partial charge in [-0.05, 0) is 135 Å². The lowest BCUT2D eigenvalue weighted by Gasteiger charge is -2.33. The van der Waals surface area contributed by atoms with Gasteiger partial charge in [0.15, 0.2) is 23.0 Å². The van der Waals surface area contributed by atoms with Gasteiger partial charge in [0.1, 0.15) is 0 Å². The molecule has 2 N–H and O–H groups in total. The van der Waals surface area contributed by atoms with Crippen LogP contribution in [0.15, 0.2) is 236 Å². The van der Waals surface area contributed by atoms with E-state index in [9.17, 15) is 19.2 Å². The van der Waals surface area contributed by atoms with Gasteiger partial charge in [-0.3, -0.25) is 24.5 Å². The van der Waals surface area contributed by atoms with Crippen LogP contribution in [-0.2, 0) is 6.42 Å². The van der Waals surface area contributed by atoms with Crippen molar-refractivity contribution in [1.29, 1.82) is 0 Å². The first-order valence-corrected chi connectivity index (χ1v) is 27.7. The second kappa shape index (κ2) is 24.4. The Kier molecular flexibility index (Phi) is 15.8. The molecule has 0 saturated carbocycles. The lowest BCUT2D eigenvalue weighted by molar-refractivity contribution is 0.0874. The van der Waals surface area contributed by atoms with Gasteiger partial charge in [-0.2, -0.15) is 0 Å². The molecule has 17 nitrogen and oxygen atoms in total. The number of anilines is 9. The molecule has 3 aromatic heterocycles. The summed E-state index contributed by atoms with van der Waals surface area (Å²) in [6.07, 6.45) is 10.8. The van der Waals surface area contributed by atoms with Gasteiger partial charge < -0.3 is 24.6 Å². The molecule has 0 bridgehead atoms. The zero-order chi connectivity index (χ0) is 58.4. The van der Waals surface area contributed by atoms with Crippen molar-refractivity contribution in [3.05, 3.63) is 280 Å². The number of fused-ring (bicyclic) bond motifs is 8. The molecule has 11 aromatic rings. The molecule has 414 valence electrons. The van der Waals surface area contributed by atoms with E-state index >= 15 is 0 Å². The van der Waals surface area contributed by atoms with Crippen LogP contribution in [0.2, 0.25) is 10.6 Å². The van der Waals surface area contributed by atoms with Crippen molar-refractivity contribution in [3.63, 3.8) is 0 Å². The van der Waals surface area contributed by atoms with E-state index in [1.54, 1.807) is 85.7 Å². The van der Waals surface area contributed by atoms with E-state index in [4.69, 9.17) is 32.7 Å². The molecule has 85 heavy (non-hydrogen) atoms. The summed E-state index contributed by atoms with van der Waals surface area (Å²) in [5.41, 5.74) is 11.8. The Morgan fingerprint density at radius 3 is 1.20 bits per heavy atom. The van der Waals surface area contributed by atoms with E-state index in [2.05, 4.69) is 90.5 Å². The maximum absolute atomic E-state index is 12.7. The lowest BCUT2D eigenvalue weighted by Crippen LogP contribution is -2.31. The number of hydrogen-bond acceptors (Lipinski definition) is 15. The predicted molar refractivity (Wildman–Crippen MR) is 328 cm³/mol. The third kappa shape index (κ3) is 11.6. The summed E-state index contributed by atoms with van der Waals surface area (Å²) in [6, 6.07) is 61.5. The fourth-order valence-corrected chi connectivity index (χ4v) is 10.1. The number of aromatic nitrogens is 6. The number of benzene rings is 8. The second-order valence-electron chi connectivity index (χ2n) is 18.8. The van der Waals surface area contributed by atoms with Crippen LogP contribution in [0.4, 0.5) is 51.4 Å². The number of ether oxygens (including phenoxy) is 2. The summed E-state index contributed by atoms with van der Waals surface area (Å²) in [6.45, 7) is 0. The molecular weight excluding hydrogens is 1180 g/mol. The van der Waals surface area contributed by atoms with Crippen LogP contribution in [0.25, 0.3) is 0 Å². The molecule has 0 saturated heterocycles. The molecule has 4 amide bonds. The summed E-state index contributed by atoms with van der Waals surface area (Å²) < 4.78 is 12.5. The highest BCUT2D eigenvalue weighted by Gasteiger charge is 2.38. The van der Waals surface area contributed by atoms with Gasteiger partial charge in [-0.1, -0.05) is 109 Å². The van der Waals surface area contributed by atoms with E-state index in [0.29, 0.717) is 22.3 Å². The first-order chi connectivity index (χ1) is 41.6. The molecule has 0 fully saturated rings. The maximum Gasteiger partial charge on any atom is 0.268 e. The Hall–Kier alpha value is -10.7. The van der Waals surface area contributed by atoms with E-state index in [1.165, 1.54) is 11.1 Å². The van der Waals surface area contributed by atoms with Crippen molar-refractivity contribution >= 4 is 114 Å². The molecule has 0 unspecified atom stereocenters. The lowest BCUT2D eigenvalue weighted by atomic mass is 9.95. The molecular formula is C65H42BrCl2N11O6. The summed E-state index contributed by atoms with van der Waals surface area (Å²) in [4.78, 5) is 76.9. The van der Waals surface area contributed by atoms with Crippen molar-refractivity contribution in [3.8, 4) is 23.0 Å². The number of carbonyl (C=O) groups is 4. The molecule has 20 heteroatoms. The topological polar surface area (TPSA) is 198 Å². The van der Waals surface area contributed by atoms with Gasteiger partial charge in [-0.15, -0.1) is 0 Å². The van der Waals surface area contributed by atoms with Crippen LogP contribution in [0.1, 0.15) is 52.6 Å². The van der Waals surface area contributed by atoms with Gasteiger partial charge in [-0.25, -0.2) is 34.8 Å². The van der Waals surface area contributed by atoms with Gasteiger partial charge in [0.2, 0.25) is 16.5 Å². The molecule has 8 heterocycles. The normalized spacial score (nSPS) is 13.0. The number of carbonyl (C=O) groups excluding carboxylic acids is 4. The Morgan fingerprint density at radius 1 is 0.376 bits per heavy atom. The number of rotatable bonds is 3. The van der Waals surface area contributed by atoms with Crippen LogP contribution in [-0.4, -0.2) is 53.5 Å². The fraction of sp³-hybridized carbons (Fsp3) is 0.0154. The largest absolute Gasteiger partial charge is 0.453 e. The highest BCUT2D eigenvalue weighted by Crippen LogP contribution is 2.50. The fourth-order valence-electron chi connectivity index (χ4n) is 9.68. The second-order valence-corrected chi connectivity index (χ2v) is 20.4. The van der Waals surface area contributed by atoms with E-state index < -0.39 is 11.8 Å². The third-order valence-electron chi connectivity index (χ3n) is 13.5. The number of nitrogens with one attached hydrogen (secondary N) is 2. The van der Waals surface area contributed by atoms with Crippen molar-refractivity contribution in [2.24, 2.45) is 0 Å². The molecule has 0 atom stereocenters. The molecule has 0 radical (unpaired) electrons. The summed E-state index contributed by atoms with van der Waals surface area (Å²) in [5, 5.41) is 6.02. The monoisotopic (exact) mass is 1220 g/mol. The number of imide groups is 2. The zero-order valence-corrected chi connectivity index (χ0v) is 47.4. The average Bonchev–Trinajstić information content (AvgIpc) is 4.10. The smallest absolute Gasteiger partial charge is 0.268 e. The predicted octanol–water partition coefficient (Wildman–Crippen LogP) is 15.4. The van der Waals surface area contributed by atoms with Gasteiger partial charge in [0.25, 0.3) is 23.6 Å². The number of nitrogens with zero attached hydrogens (tertiary/aromatic N) is 9. The zero-order valence-electron chi connectivity index (χ0n) is 44.3. The highest BCUT2D eigenvalue weighted by atomic mass is 79.9. The third-order valence-corrected chi connectivity index (χ3v) is 14.3. The molecule has 8 aromatic carbocycles. The summed E-state index contributed by atoms with van der Waals surface area (Å²) in [5.74, 6) is 2.03. The SMILES string of the molecule is Clc1ncc(Br)cn1.Clc1ncc(N2c3ccccc3Oc3ccccc32)cn1.O=C1NC(=O)c2ccccc21.O=C1c2ccccc2C(=O)N1c1ncc(N2c3ccccc3Cc3ccccc32)cn1.c1ccc2c(c1)Nc1ccccc1O2. The van der Waals surface area contributed by atoms with Crippen molar-refractivity contribution < 1.29 is 28.7 Å². The number of amides is 4. The first-order valence-electron chi connectivity index (χ1n) is 26.2. The molecule has 0 spiro atoms. The Bertz CT molecular complexity index is 4090. The van der Waals surface area contributed by atoms with E-state index in [1.807, 2.05) is 121 Å². The van der Waals surface area contributed by atoms with Crippen molar-refractivity contribution in [2.75, 3.05) is 20.0 Å². The maximum atomic E-state index is 12.7. The first kappa shape index (κ1) is 54.9. The van der Waals surface area contributed by atoms with Gasteiger partial charge in [0.05, 0.1) is 85.6 Å². The van der Waals surface area contributed by atoms with Crippen molar-refractivity contribution in [1.82, 2.24) is 35.2 Å². The highest BCUT2D eigenvalue weighted by molar-refractivity contribution is 9.10. The minimum atomic E-state index is -0.401. The molecule has 16 rings (SSSR count). The number of halogens is 3. The minimum Gasteiger partial charge on any atom is -0.453 e. The molecule has 5 aliphatic heterocycles. The standard InChI is InChI=1S/C25H16N4O2.C16H10ClN3O.C12H9NO.C8H5NO2.C4H2BrClN2/c30-23-19-9-3-4-10-20(19)24(31)29(23)25-26-14-18(15-27-25)28-21-11-5-1-7-16(21)13-17-8-2-6-12-22(17)28;17-16-18-9-11(10-19-16)20-12-5-1-3-7-14(12)21-15-8-4-2-6-13(15)20;1-3-7-11-9(5-1)13-10-6-2-4-8-12(10)14-11;10-7-5-3-1-2-4-6(5)8(11)9-7;5-3-1-7-4(6)8-2-3/h1-12,14-15H,13H2;1-10H;1-8,13H;1-4H,(H,9,10,11);1-2H. The quantitative estimate of drug-likeness (QED) is 0.125. The molecule has 0 aliphatic carbocycles. The van der Waals surface area contributed by atoms with Crippen molar-refractivity contribution in [2.45, 2.75) is 6.42 Å². The van der Waals surface area contributed by atoms with Gasteiger partial charge in [0, 0.05) is 30.2 Å². The van der Waals surface area contributed by atoms with Crippen LogP contribution in [0.3, 0.4) is 0 Å². The number of hydrogen-bond donors (Lipinski definition) is 2. The number of para-hydroxylation sites is 10. The minimum absolute atomic E-state index is 0.0773. The van der Waals surface area contributed by atoms with Crippen LogP contribution in [0.5, 0.6) is 23.0 Å². The molecule has 5 aliphatic rings. The van der Waals surface area contributed by atoms with E-state index in [-0.39, 0.29) is 28.3 Å². The Balaban J connectivity index is 0.000000113.